The molecule has 33 heavy (non-hydrogen) atoms. The zero-order valence-corrected chi connectivity index (χ0v) is 17.6. The highest BCUT2D eigenvalue weighted by molar-refractivity contribution is 7.13. The van der Waals surface area contributed by atoms with Crippen LogP contribution in [-0.4, -0.2) is 33.1 Å². The summed E-state index contributed by atoms with van der Waals surface area (Å²) in [7, 11) is 0. The molecule has 170 valence electrons. The van der Waals surface area contributed by atoms with E-state index in [-0.39, 0.29) is 30.4 Å². The van der Waals surface area contributed by atoms with Crippen LogP contribution < -0.4 is 10.6 Å². The van der Waals surface area contributed by atoms with Crippen LogP contribution in [0.2, 0.25) is 0 Å². The molecule has 1 aromatic carbocycles. The van der Waals surface area contributed by atoms with Crippen molar-refractivity contribution in [2.24, 2.45) is 0 Å². The van der Waals surface area contributed by atoms with Crippen LogP contribution >= 0.6 is 11.3 Å². The van der Waals surface area contributed by atoms with E-state index >= 15 is 0 Å². The second kappa shape index (κ2) is 9.28. The van der Waals surface area contributed by atoms with Crippen LogP contribution in [0.15, 0.2) is 64.6 Å². The number of carbonyl (C=O) groups is 2. The first kappa shape index (κ1) is 22.3. The van der Waals surface area contributed by atoms with Gasteiger partial charge in [-0.1, -0.05) is 12.1 Å². The fraction of sp³-hybridized carbons (Fsp3) is 0.143. The SMILES string of the molecule is O=C(CNC(=O)c1nc(-c2cccs2)n(-c2cccc(C(F)(F)F)c2)n1)NCc1ccco1. The van der Waals surface area contributed by atoms with E-state index in [4.69, 9.17) is 4.42 Å². The van der Waals surface area contributed by atoms with Crippen LogP contribution in [0.25, 0.3) is 16.4 Å². The summed E-state index contributed by atoms with van der Waals surface area (Å²) >= 11 is 1.29. The van der Waals surface area contributed by atoms with Crippen LogP contribution in [0.5, 0.6) is 0 Å². The summed E-state index contributed by atoms with van der Waals surface area (Å²) in [5.41, 5.74) is -0.761. The summed E-state index contributed by atoms with van der Waals surface area (Å²) in [5.74, 6) is -0.731. The van der Waals surface area contributed by atoms with Crippen molar-refractivity contribution in [2.45, 2.75) is 12.7 Å². The summed E-state index contributed by atoms with van der Waals surface area (Å²) in [6, 6.07) is 11.4. The predicted octanol–water partition coefficient (Wildman–Crippen LogP) is 3.65. The lowest BCUT2D eigenvalue weighted by atomic mass is 10.2. The third-order valence-electron chi connectivity index (χ3n) is 4.42. The quantitative estimate of drug-likeness (QED) is 0.425. The molecule has 0 radical (unpaired) electrons. The number of hydrogen-bond donors (Lipinski definition) is 2. The monoisotopic (exact) mass is 475 g/mol. The zero-order chi connectivity index (χ0) is 23.4. The Bertz CT molecular complexity index is 1250. The molecule has 0 saturated carbocycles. The molecule has 4 rings (SSSR count). The highest BCUT2D eigenvalue weighted by Gasteiger charge is 2.31. The first-order valence-corrected chi connectivity index (χ1v) is 10.4. The summed E-state index contributed by atoms with van der Waals surface area (Å²) < 4.78 is 45.8. The zero-order valence-electron chi connectivity index (χ0n) is 16.8. The lowest BCUT2D eigenvalue weighted by molar-refractivity contribution is -0.137. The van der Waals surface area contributed by atoms with Gasteiger partial charge in [0.15, 0.2) is 5.82 Å². The van der Waals surface area contributed by atoms with Crippen molar-refractivity contribution in [3.05, 3.63) is 77.3 Å². The van der Waals surface area contributed by atoms with E-state index in [9.17, 15) is 22.8 Å². The van der Waals surface area contributed by atoms with E-state index in [1.165, 1.54) is 34.4 Å². The van der Waals surface area contributed by atoms with Gasteiger partial charge >= 0.3 is 6.18 Å². The van der Waals surface area contributed by atoms with Crippen molar-refractivity contribution >= 4 is 23.2 Å². The van der Waals surface area contributed by atoms with Gasteiger partial charge in [0.1, 0.15) is 5.76 Å². The summed E-state index contributed by atoms with van der Waals surface area (Å²) in [5, 5.41) is 10.9. The number of rotatable bonds is 7. The van der Waals surface area contributed by atoms with Gasteiger partial charge < -0.3 is 15.1 Å². The highest BCUT2D eigenvalue weighted by atomic mass is 32.1. The summed E-state index contributed by atoms with van der Waals surface area (Å²) in [6.07, 6.45) is -3.07. The Kier molecular flexibility index (Phi) is 6.27. The molecule has 0 aliphatic heterocycles. The number of benzene rings is 1. The Balaban J connectivity index is 1.53. The smallest absolute Gasteiger partial charge is 0.416 e. The van der Waals surface area contributed by atoms with E-state index < -0.39 is 23.6 Å². The Morgan fingerprint density at radius 2 is 1.94 bits per heavy atom. The van der Waals surface area contributed by atoms with Gasteiger partial charge in [0.05, 0.1) is 35.5 Å². The molecule has 0 bridgehead atoms. The Hall–Kier alpha value is -3.93. The molecular formula is C21H16F3N5O3S. The number of furan rings is 1. The molecule has 3 heterocycles. The molecule has 0 saturated heterocycles. The number of halogens is 3. The van der Waals surface area contributed by atoms with E-state index in [2.05, 4.69) is 20.7 Å². The third kappa shape index (κ3) is 5.29. The average molecular weight is 475 g/mol. The van der Waals surface area contributed by atoms with Crippen molar-refractivity contribution in [2.75, 3.05) is 6.54 Å². The number of amides is 2. The lowest BCUT2D eigenvalue weighted by Crippen LogP contribution is -2.37. The first-order valence-electron chi connectivity index (χ1n) is 9.57. The number of aromatic nitrogens is 3. The lowest BCUT2D eigenvalue weighted by Gasteiger charge is -2.09. The number of nitrogens with zero attached hydrogens (tertiary/aromatic N) is 3. The molecule has 0 unspecified atom stereocenters. The number of carbonyl (C=O) groups excluding carboxylic acids is 2. The normalized spacial score (nSPS) is 11.4. The fourth-order valence-electron chi connectivity index (χ4n) is 2.87. The number of nitrogens with one attached hydrogen (secondary N) is 2. The van der Waals surface area contributed by atoms with E-state index in [0.717, 1.165) is 12.1 Å². The van der Waals surface area contributed by atoms with Crippen molar-refractivity contribution in [1.29, 1.82) is 0 Å². The molecular weight excluding hydrogens is 459 g/mol. The third-order valence-corrected chi connectivity index (χ3v) is 5.29. The van der Waals surface area contributed by atoms with Crippen molar-refractivity contribution in [3.63, 3.8) is 0 Å². The topological polar surface area (TPSA) is 102 Å². The van der Waals surface area contributed by atoms with E-state index in [1.54, 1.807) is 29.6 Å². The Labute approximate surface area is 189 Å². The molecule has 2 N–H and O–H groups in total. The molecule has 3 aromatic heterocycles. The predicted molar refractivity (Wildman–Crippen MR) is 113 cm³/mol. The Morgan fingerprint density at radius 3 is 2.64 bits per heavy atom. The van der Waals surface area contributed by atoms with Crippen molar-refractivity contribution in [1.82, 2.24) is 25.4 Å². The minimum absolute atomic E-state index is 0.0935. The van der Waals surface area contributed by atoms with Gasteiger partial charge in [-0.05, 0) is 41.8 Å². The minimum atomic E-state index is -4.54. The number of hydrogen-bond acceptors (Lipinski definition) is 6. The minimum Gasteiger partial charge on any atom is -0.467 e. The molecule has 0 fully saturated rings. The van der Waals surface area contributed by atoms with Crippen LogP contribution in [0.1, 0.15) is 21.9 Å². The van der Waals surface area contributed by atoms with E-state index in [1.807, 2.05) is 0 Å². The largest absolute Gasteiger partial charge is 0.467 e. The molecule has 2 amide bonds. The highest BCUT2D eigenvalue weighted by Crippen LogP contribution is 2.32. The van der Waals surface area contributed by atoms with Crippen LogP contribution in [0.4, 0.5) is 13.2 Å². The molecule has 8 nitrogen and oxygen atoms in total. The molecule has 0 spiro atoms. The maximum absolute atomic E-state index is 13.2. The number of thiophene rings is 1. The van der Waals surface area contributed by atoms with Gasteiger partial charge in [0.2, 0.25) is 11.7 Å². The maximum atomic E-state index is 13.2. The average Bonchev–Trinajstić information content (AvgIpc) is 3.56. The van der Waals surface area contributed by atoms with Crippen LogP contribution in [0.3, 0.4) is 0 Å². The van der Waals surface area contributed by atoms with Gasteiger partial charge in [-0.2, -0.15) is 13.2 Å². The van der Waals surface area contributed by atoms with Gasteiger partial charge in [0.25, 0.3) is 5.91 Å². The van der Waals surface area contributed by atoms with Crippen molar-refractivity contribution in [3.8, 4) is 16.4 Å². The molecule has 4 aromatic rings. The van der Waals surface area contributed by atoms with Gasteiger partial charge in [-0.15, -0.1) is 16.4 Å². The summed E-state index contributed by atoms with van der Waals surface area (Å²) in [6.45, 7) is -0.182. The standard InChI is InChI=1S/C21H16F3N5O3S/c22-21(23,24)13-4-1-5-14(10-13)29-19(16-7-3-9-33-16)27-18(28-29)20(31)26-12-17(30)25-11-15-6-2-8-32-15/h1-10H,11-12H2,(H,25,30)(H,26,31). The van der Waals surface area contributed by atoms with Gasteiger partial charge in [-0.25, -0.2) is 9.67 Å². The molecule has 12 heteroatoms. The second-order valence-electron chi connectivity index (χ2n) is 6.73. The fourth-order valence-corrected chi connectivity index (χ4v) is 3.57. The van der Waals surface area contributed by atoms with Crippen LogP contribution in [0, 0.1) is 0 Å². The van der Waals surface area contributed by atoms with Gasteiger partial charge in [-0.3, -0.25) is 9.59 Å². The second-order valence-corrected chi connectivity index (χ2v) is 7.68. The Morgan fingerprint density at radius 1 is 1.09 bits per heavy atom. The maximum Gasteiger partial charge on any atom is 0.416 e. The molecule has 0 aliphatic carbocycles. The first-order chi connectivity index (χ1) is 15.8. The van der Waals surface area contributed by atoms with Crippen LogP contribution in [-0.2, 0) is 17.5 Å². The summed E-state index contributed by atoms with van der Waals surface area (Å²) in [4.78, 5) is 29.3. The number of alkyl halides is 3. The molecule has 0 aliphatic rings. The van der Waals surface area contributed by atoms with E-state index in [0.29, 0.717) is 10.6 Å². The van der Waals surface area contributed by atoms with Gasteiger partial charge in [0, 0.05) is 0 Å². The van der Waals surface area contributed by atoms with Crippen molar-refractivity contribution < 1.29 is 27.2 Å². The molecule has 0 atom stereocenters.